The van der Waals surface area contributed by atoms with Gasteiger partial charge >= 0.3 is 5.97 Å². The minimum atomic E-state index is -0.599. The first-order valence-corrected chi connectivity index (χ1v) is 7.76. The van der Waals surface area contributed by atoms with Gasteiger partial charge in [-0.2, -0.15) is 0 Å². The molecule has 0 radical (unpaired) electrons. The van der Waals surface area contributed by atoms with E-state index in [2.05, 4.69) is 35.8 Å². The fraction of sp³-hybridized carbons (Fsp3) is 0.278. The molecule has 1 N–H and O–H groups in total. The van der Waals surface area contributed by atoms with Crippen LogP contribution in [0.25, 0.3) is 0 Å². The maximum atomic E-state index is 12.4. The molecule has 0 saturated heterocycles. The van der Waals surface area contributed by atoms with Gasteiger partial charge < -0.3 is 10.1 Å². The van der Waals surface area contributed by atoms with E-state index in [4.69, 9.17) is 11.6 Å². The Kier molecular flexibility index (Phi) is 5.24. The van der Waals surface area contributed by atoms with Crippen LogP contribution < -0.4 is 5.32 Å². The standard InChI is InChI=1S/C18H19ClN2O3/c1-18(2,3)12-7-5-11(6-8-12)16(22)21-14-9-15(19)20-10-13(14)17(23)24-4/h5-10H,1-4H3,(H,20,21,22). The van der Waals surface area contributed by atoms with E-state index in [1.165, 1.54) is 19.4 Å². The van der Waals surface area contributed by atoms with Gasteiger partial charge in [0.15, 0.2) is 0 Å². The van der Waals surface area contributed by atoms with E-state index in [0.717, 1.165) is 5.56 Å². The van der Waals surface area contributed by atoms with Gasteiger partial charge in [-0.1, -0.05) is 44.5 Å². The van der Waals surface area contributed by atoms with Crippen LogP contribution in [-0.4, -0.2) is 24.0 Å². The molecule has 0 spiro atoms. The van der Waals surface area contributed by atoms with Gasteiger partial charge in [0, 0.05) is 11.8 Å². The molecule has 0 saturated carbocycles. The van der Waals surface area contributed by atoms with Crippen molar-refractivity contribution in [3.05, 3.63) is 58.4 Å². The van der Waals surface area contributed by atoms with Crippen LogP contribution in [0.5, 0.6) is 0 Å². The number of rotatable bonds is 3. The van der Waals surface area contributed by atoms with Gasteiger partial charge in [0.05, 0.1) is 12.8 Å². The number of halogens is 1. The molecular formula is C18H19ClN2O3. The number of esters is 1. The average Bonchev–Trinajstić information content (AvgIpc) is 2.53. The number of nitrogens with zero attached hydrogens (tertiary/aromatic N) is 1. The van der Waals surface area contributed by atoms with Crippen LogP contribution in [0.1, 0.15) is 47.1 Å². The van der Waals surface area contributed by atoms with Crippen molar-refractivity contribution in [3.8, 4) is 0 Å². The van der Waals surface area contributed by atoms with E-state index in [-0.39, 0.29) is 27.7 Å². The number of anilines is 1. The van der Waals surface area contributed by atoms with Crippen molar-refractivity contribution < 1.29 is 14.3 Å². The van der Waals surface area contributed by atoms with Crippen molar-refractivity contribution in [2.75, 3.05) is 12.4 Å². The highest BCUT2D eigenvalue weighted by Gasteiger charge is 2.17. The normalized spacial score (nSPS) is 11.0. The van der Waals surface area contributed by atoms with Crippen LogP contribution in [0, 0.1) is 0 Å². The van der Waals surface area contributed by atoms with E-state index < -0.39 is 5.97 Å². The highest BCUT2D eigenvalue weighted by atomic mass is 35.5. The van der Waals surface area contributed by atoms with Crippen molar-refractivity contribution in [1.29, 1.82) is 0 Å². The summed E-state index contributed by atoms with van der Waals surface area (Å²) in [5.74, 6) is -0.944. The van der Waals surface area contributed by atoms with E-state index in [1.54, 1.807) is 12.1 Å². The van der Waals surface area contributed by atoms with Crippen molar-refractivity contribution in [2.24, 2.45) is 0 Å². The van der Waals surface area contributed by atoms with Crippen molar-refractivity contribution in [1.82, 2.24) is 4.98 Å². The largest absolute Gasteiger partial charge is 0.465 e. The number of amides is 1. The number of aromatic nitrogens is 1. The Bertz CT molecular complexity index is 765. The number of benzene rings is 1. The van der Waals surface area contributed by atoms with E-state index in [9.17, 15) is 9.59 Å². The maximum Gasteiger partial charge on any atom is 0.341 e. The Morgan fingerprint density at radius 2 is 1.79 bits per heavy atom. The van der Waals surface area contributed by atoms with Gasteiger partial charge in [-0.15, -0.1) is 0 Å². The van der Waals surface area contributed by atoms with E-state index in [0.29, 0.717) is 5.56 Å². The molecule has 0 bridgehead atoms. The summed E-state index contributed by atoms with van der Waals surface area (Å²) in [4.78, 5) is 28.0. The summed E-state index contributed by atoms with van der Waals surface area (Å²) in [6.45, 7) is 6.30. The molecule has 1 amide bonds. The van der Waals surface area contributed by atoms with Gasteiger partial charge in [0.1, 0.15) is 10.7 Å². The van der Waals surface area contributed by atoms with E-state index in [1.807, 2.05) is 12.1 Å². The monoisotopic (exact) mass is 346 g/mol. The Balaban J connectivity index is 2.27. The molecule has 126 valence electrons. The van der Waals surface area contributed by atoms with Crippen molar-refractivity contribution >= 4 is 29.2 Å². The number of methoxy groups -OCH3 is 1. The molecule has 0 aliphatic carbocycles. The van der Waals surface area contributed by atoms with Crippen molar-refractivity contribution in [2.45, 2.75) is 26.2 Å². The fourth-order valence-corrected chi connectivity index (χ4v) is 2.28. The third kappa shape index (κ3) is 4.11. The number of carbonyl (C=O) groups is 2. The predicted octanol–water partition coefficient (Wildman–Crippen LogP) is 4.07. The second-order valence-electron chi connectivity index (χ2n) is 6.33. The number of hydrogen-bond donors (Lipinski definition) is 1. The third-order valence-corrected chi connectivity index (χ3v) is 3.74. The molecule has 2 aromatic rings. The maximum absolute atomic E-state index is 12.4. The number of ether oxygens (including phenoxy) is 1. The van der Waals surface area contributed by atoms with Gasteiger partial charge in [0.25, 0.3) is 5.91 Å². The van der Waals surface area contributed by atoms with Gasteiger partial charge in [-0.05, 0) is 29.2 Å². The summed E-state index contributed by atoms with van der Waals surface area (Å²) in [6, 6.07) is 8.73. The number of pyridine rings is 1. The molecule has 0 aliphatic heterocycles. The lowest BCUT2D eigenvalue weighted by Gasteiger charge is -2.19. The fourth-order valence-electron chi connectivity index (χ4n) is 2.12. The van der Waals surface area contributed by atoms with Crippen LogP contribution >= 0.6 is 11.6 Å². The highest BCUT2D eigenvalue weighted by molar-refractivity contribution is 6.30. The van der Waals surface area contributed by atoms with Crippen LogP contribution in [0.15, 0.2) is 36.5 Å². The zero-order chi connectivity index (χ0) is 17.9. The molecule has 0 fully saturated rings. The molecule has 5 nitrogen and oxygen atoms in total. The summed E-state index contributed by atoms with van der Waals surface area (Å²) in [7, 11) is 1.26. The Morgan fingerprint density at radius 1 is 1.17 bits per heavy atom. The third-order valence-electron chi connectivity index (χ3n) is 3.54. The summed E-state index contributed by atoms with van der Waals surface area (Å²) < 4.78 is 4.68. The molecule has 6 heteroatoms. The number of nitrogens with one attached hydrogen (secondary N) is 1. The van der Waals surface area contributed by atoms with Crippen LogP contribution in [0.4, 0.5) is 5.69 Å². The first-order chi connectivity index (χ1) is 11.2. The van der Waals surface area contributed by atoms with Crippen molar-refractivity contribution in [3.63, 3.8) is 0 Å². The van der Waals surface area contributed by atoms with Crippen LogP contribution in [-0.2, 0) is 10.2 Å². The molecule has 2 rings (SSSR count). The average molecular weight is 347 g/mol. The zero-order valence-electron chi connectivity index (χ0n) is 14.0. The first kappa shape index (κ1) is 17.9. The molecule has 1 aromatic heterocycles. The molecule has 0 aliphatic rings. The smallest absolute Gasteiger partial charge is 0.341 e. The van der Waals surface area contributed by atoms with E-state index >= 15 is 0 Å². The van der Waals surface area contributed by atoms with Gasteiger partial charge in [0.2, 0.25) is 0 Å². The van der Waals surface area contributed by atoms with Gasteiger partial charge in [-0.25, -0.2) is 9.78 Å². The minimum absolute atomic E-state index is 0.00564. The molecule has 1 aromatic carbocycles. The second kappa shape index (κ2) is 7.01. The summed E-state index contributed by atoms with van der Waals surface area (Å²) in [5.41, 5.74) is 2.01. The molecule has 1 heterocycles. The molecule has 0 unspecified atom stereocenters. The quantitative estimate of drug-likeness (QED) is 0.672. The first-order valence-electron chi connectivity index (χ1n) is 7.38. The lowest BCUT2D eigenvalue weighted by atomic mass is 9.87. The predicted molar refractivity (Wildman–Crippen MR) is 93.7 cm³/mol. The highest BCUT2D eigenvalue weighted by Crippen LogP contribution is 2.23. The molecular weight excluding hydrogens is 328 g/mol. The van der Waals surface area contributed by atoms with Gasteiger partial charge in [-0.3, -0.25) is 4.79 Å². The minimum Gasteiger partial charge on any atom is -0.465 e. The van der Waals surface area contributed by atoms with Crippen LogP contribution in [0.2, 0.25) is 5.15 Å². The Hall–Kier alpha value is -2.40. The topological polar surface area (TPSA) is 68.3 Å². The SMILES string of the molecule is COC(=O)c1cnc(Cl)cc1NC(=O)c1ccc(C(C)(C)C)cc1. The Labute approximate surface area is 146 Å². The lowest BCUT2D eigenvalue weighted by Crippen LogP contribution is -2.16. The molecule has 24 heavy (non-hydrogen) atoms. The second-order valence-corrected chi connectivity index (χ2v) is 6.71. The lowest BCUT2D eigenvalue weighted by molar-refractivity contribution is 0.0601. The number of carbonyl (C=O) groups excluding carboxylic acids is 2. The number of hydrogen-bond acceptors (Lipinski definition) is 4. The van der Waals surface area contributed by atoms with Crippen LogP contribution in [0.3, 0.4) is 0 Å². The summed E-state index contributed by atoms with van der Waals surface area (Å²) in [6.07, 6.45) is 1.27. The Morgan fingerprint density at radius 3 is 2.33 bits per heavy atom. The zero-order valence-corrected chi connectivity index (χ0v) is 14.8. The summed E-state index contributed by atoms with van der Waals surface area (Å²) in [5, 5.41) is 2.84. The summed E-state index contributed by atoms with van der Waals surface area (Å²) >= 11 is 5.85. The molecule has 0 atom stereocenters.